The lowest BCUT2D eigenvalue weighted by molar-refractivity contribution is -0.136. The van der Waals surface area contributed by atoms with Crippen molar-refractivity contribution in [2.24, 2.45) is 0 Å². The normalized spacial score (nSPS) is 10.4. The molecule has 0 spiro atoms. The van der Waals surface area contributed by atoms with Gasteiger partial charge in [0.05, 0.1) is 18.3 Å². The number of pyridine rings is 1. The van der Waals surface area contributed by atoms with Crippen LogP contribution in [0.2, 0.25) is 0 Å². The molecule has 1 aromatic carbocycles. The predicted molar refractivity (Wildman–Crippen MR) is 57.5 cm³/mol. The number of rotatable bonds is 2. The molecule has 0 aliphatic carbocycles. The van der Waals surface area contributed by atoms with Crippen molar-refractivity contribution in [3.8, 4) is 0 Å². The minimum absolute atomic E-state index is 0.0114. The molecule has 4 nitrogen and oxygen atoms in total. The largest absolute Gasteiger partial charge is 0.481 e. The van der Waals surface area contributed by atoms with Crippen LogP contribution in [0.5, 0.6) is 0 Å². The number of hydrogen-bond donors (Lipinski definition) is 2. The van der Waals surface area contributed by atoms with Gasteiger partial charge in [0.1, 0.15) is 0 Å². The summed E-state index contributed by atoms with van der Waals surface area (Å²) in [6.07, 6.45) is 3.19. The van der Waals surface area contributed by atoms with Crippen LogP contribution in [0.3, 0.4) is 0 Å². The number of anilines is 1. The number of carboxylic acids is 1. The third kappa shape index (κ3) is 1.74. The summed E-state index contributed by atoms with van der Waals surface area (Å²) in [6.45, 7) is 0. The molecule has 0 amide bonds. The van der Waals surface area contributed by atoms with Gasteiger partial charge in [-0.05, 0) is 5.56 Å². The van der Waals surface area contributed by atoms with Crippen LogP contribution in [-0.2, 0) is 11.2 Å². The lowest BCUT2D eigenvalue weighted by Gasteiger charge is -2.05. The topological polar surface area (TPSA) is 76.2 Å². The second-order valence-electron chi connectivity index (χ2n) is 3.31. The minimum Gasteiger partial charge on any atom is -0.481 e. The van der Waals surface area contributed by atoms with Crippen molar-refractivity contribution < 1.29 is 9.90 Å². The third-order valence-electron chi connectivity index (χ3n) is 2.27. The van der Waals surface area contributed by atoms with Gasteiger partial charge in [0.15, 0.2) is 0 Å². The van der Waals surface area contributed by atoms with Crippen molar-refractivity contribution in [3.63, 3.8) is 0 Å². The molecule has 1 heterocycles. The van der Waals surface area contributed by atoms with E-state index in [0.717, 1.165) is 16.3 Å². The van der Waals surface area contributed by atoms with E-state index in [1.54, 1.807) is 24.5 Å². The summed E-state index contributed by atoms with van der Waals surface area (Å²) < 4.78 is 0. The summed E-state index contributed by atoms with van der Waals surface area (Å²) in [5.41, 5.74) is 7.05. The fourth-order valence-electron chi connectivity index (χ4n) is 1.60. The minimum atomic E-state index is -0.857. The molecule has 4 heteroatoms. The summed E-state index contributed by atoms with van der Waals surface area (Å²) in [5.74, 6) is -0.857. The molecule has 0 radical (unpaired) electrons. The fraction of sp³-hybridized carbons (Fsp3) is 0.0909. The van der Waals surface area contributed by atoms with Crippen molar-refractivity contribution >= 4 is 22.4 Å². The second kappa shape index (κ2) is 3.57. The number of carboxylic acid groups (broad SMARTS) is 1. The van der Waals surface area contributed by atoms with Gasteiger partial charge in [-0.25, -0.2) is 0 Å². The van der Waals surface area contributed by atoms with E-state index in [1.807, 2.05) is 6.07 Å². The zero-order valence-electron chi connectivity index (χ0n) is 7.97. The Kier molecular flexibility index (Phi) is 2.25. The lowest BCUT2D eigenvalue weighted by atomic mass is 10.0. The molecule has 0 fully saturated rings. The smallest absolute Gasteiger partial charge is 0.307 e. The third-order valence-corrected chi connectivity index (χ3v) is 2.27. The van der Waals surface area contributed by atoms with Crippen molar-refractivity contribution in [2.75, 3.05) is 5.73 Å². The number of carbonyl (C=O) groups is 1. The predicted octanol–water partition coefficient (Wildman–Crippen LogP) is 1.44. The molecule has 2 rings (SSSR count). The van der Waals surface area contributed by atoms with Crippen molar-refractivity contribution in [1.29, 1.82) is 0 Å². The number of nitrogens with two attached hydrogens (primary N) is 1. The highest BCUT2D eigenvalue weighted by molar-refractivity contribution is 5.95. The summed E-state index contributed by atoms with van der Waals surface area (Å²) in [6, 6.07) is 5.44. The number of hydrogen-bond acceptors (Lipinski definition) is 3. The monoisotopic (exact) mass is 202 g/mol. The highest BCUT2D eigenvalue weighted by Gasteiger charge is 2.06. The number of benzene rings is 1. The SMILES string of the molecule is Nc1cncc2c(CC(=O)O)cccc12. The van der Waals surface area contributed by atoms with Gasteiger partial charge in [-0.1, -0.05) is 18.2 Å². The Morgan fingerprint density at radius 3 is 2.87 bits per heavy atom. The lowest BCUT2D eigenvalue weighted by Crippen LogP contribution is -2.01. The van der Waals surface area contributed by atoms with E-state index in [9.17, 15) is 4.79 Å². The molecule has 0 aliphatic rings. The van der Waals surface area contributed by atoms with Gasteiger partial charge in [0.2, 0.25) is 0 Å². The summed E-state index contributed by atoms with van der Waals surface area (Å²) in [4.78, 5) is 14.6. The molecule has 0 atom stereocenters. The quantitative estimate of drug-likeness (QED) is 0.772. The van der Waals surface area contributed by atoms with E-state index in [4.69, 9.17) is 10.8 Å². The first-order valence-corrected chi connectivity index (χ1v) is 4.51. The Balaban J connectivity index is 2.65. The maximum Gasteiger partial charge on any atom is 0.307 e. The molecule has 2 aromatic rings. The van der Waals surface area contributed by atoms with Crippen molar-refractivity contribution in [2.45, 2.75) is 6.42 Å². The fourth-order valence-corrected chi connectivity index (χ4v) is 1.60. The molecule has 15 heavy (non-hydrogen) atoms. The first-order chi connectivity index (χ1) is 7.18. The number of nitrogen functional groups attached to an aromatic ring is 1. The first-order valence-electron chi connectivity index (χ1n) is 4.51. The molecule has 76 valence electrons. The Labute approximate surface area is 86.4 Å². The van der Waals surface area contributed by atoms with E-state index in [0.29, 0.717) is 5.69 Å². The van der Waals surface area contributed by atoms with Crippen LogP contribution >= 0.6 is 0 Å². The molecular formula is C11H10N2O2. The molecule has 0 unspecified atom stereocenters. The zero-order chi connectivity index (χ0) is 10.8. The standard InChI is InChI=1S/C11H10N2O2/c12-10-6-13-5-9-7(4-11(14)15)2-1-3-8(9)10/h1-3,5-6H,4,12H2,(H,14,15). The van der Waals surface area contributed by atoms with Crippen LogP contribution in [0.4, 0.5) is 5.69 Å². The maximum atomic E-state index is 10.6. The first kappa shape index (κ1) is 9.45. The van der Waals surface area contributed by atoms with Crippen molar-refractivity contribution in [3.05, 3.63) is 36.2 Å². The average Bonchev–Trinajstić information content (AvgIpc) is 2.19. The van der Waals surface area contributed by atoms with Gasteiger partial charge in [-0.15, -0.1) is 0 Å². The van der Waals surface area contributed by atoms with E-state index in [2.05, 4.69) is 4.98 Å². The molecule has 0 saturated carbocycles. The number of aromatic nitrogens is 1. The highest BCUT2D eigenvalue weighted by Crippen LogP contribution is 2.22. The Morgan fingerprint density at radius 2 is 2.13 bits per heavy atom. The molecular weight excluding hydrogens is 192 g/mol. The van der Waals surface area contributed by atoms with Crippen LogP contribution in [0.1, 0.15) is 5.56 Å². The maximum absolute atomic E-state index is 10.6. The highest BCUT2D eigenvalue weighted by atomic mass is 16.4. The van der Waals surface area contributed by atoms with Gasteiger partial charge in [0, 0.05) is 17.0 Å². The van der Waals surface area contributed by atoms with Crippen molar-refractivity contribution in [1.82, 2.24) is 4.98 Å². The van der Waals surface area contributed by atoms with Crippen LogP contribution in [-0.4, -0.2) is 16.1 Å². The van der Waals surface area contributed by atoms with E-state index in [1.165, 1.54) is 0 Å². The van der Waals surface area contributed by atoms with Gasteiger partial charge < -0.3 is 10.8 Å². The Hall–Kier alpha value is -2.10. The molecule has 1 aromatic heterocycles. The van der Waals surface area contributed by atoms with Crippen LogP contribution in [0.25, 0.3) is 10.8 Å². The van der Waals surface area contributed by atoms with Gasteiger partial charge in [0.25, 0.3) is 0 Å². The molecule has 0 saturated heterocycles. The van der Waals surface area contributed by atoms with Crippen LogP contribution < -0.4 is 5.73 Å². The molecule has 0 bridgehead atoms. The van der Waals surface area contributed by atoms with Gasteiger partial charge in [-0.3, -0.25) is 9.78 Å². The Bertz CT molecular complexity index is 523. The van der Waals surface area contributed by atoms with Crippen LogP contribution in [0, 0.1) is 0 Å². The van der Waals surface area contributed by atoms with E-state index >= 15 is 0 Å². The zero-order valence-corrected chi connectivity index (χ0v) is 7.97. The van der Waals surface area contributed by atoms with Gasteiger partial charge >= 0.3 is 5.97 Å². The number of fused-ring (bicyclic) bond motifs is 1. The molecule has 0 aliphatic heterocycles. The van der Waals surface area contributed by atoms with Crippen LogP contribution in [0.15, 0.2) is 30.6 Å². The average molecular weight is 202 g/mol. The number of aliphatic carboxylic acids is 1. The van der Waals surface area contributed by atoms with Gasteiger partial charge in [-0.2, -0.15) is 0 Å². The Morgan fingerprint density at radius 1 is 1.33 bits per heavy atom. The summed E-state index contributed by atoms with van der Waals surface area (Å²) >= 11 is 0. The summed E-state index contributed by atoms with van der Waals surface area (Å²) in [7, 11) is 0. The number of nitrogens with zero attached hydrogens (tertiary/aromatic N) is 1. The van der Waals surface area contributed by atoms with E-state index < -0.39 is 5.97 Å². The summed E-state index contributed by atoms with van der Waals surface area (Å²) in [5, 5.41) is 10.4. The second-order valence-corrected chi connectivity index (χ2v) is 3.31. The molecule has 3 N–H and O–H groups in total. The van der Waals surface area contributed by atoms with E-state index in [-0.39, 0.29) is 6.42 Å².